The van der Waals surface area contributed by atoms with Gasteiger partial charge in [-0.25, -0.2) is 0 Å². The molecule has 4 nitrogen and oxygen atoms in total. The minimum absolute atomic E-state index is 0.322. The van der Waals surface area contributed by atoms with Crippen LogP contribution < -0.4 is 0 Å². The van der Waals surface area contributed by atoms with Gasteiger partial charge in [-0.05, 0) is 12.5 Å². The van der Waals surface area contributed by atoms with Crippen LogP contribution >= 0.6 is 0 Å². The molecule has 1 unspecified atom stereocenters. The van der Waals surface area contributed by atoms with Crippen molar-refractivity contribution in [3.63, 3.8) is 0 Å². The second-order valence-corrected chi connectivity index (χ2v) is 5.60. The van der Waals surface area contributed by atoms with Crippen molar-refractivity contribution < 1.29 is 4.52 Å². The molecule has 0 amide bonds. The molecule has 0 saturated carbocycles. The fourth-order valence-corrected chi connectivity index (χ4v) is 2.63. The summed E-state index contributed by atoms with van der Waals surface area (Å²) in [6.45, 7) is 4.37. The number of rotatable bonds is 6. The average Bonchev–Trinajstić information content (AvgIpc) is 3.13. The van der Waals surface area contributed by atoms with E-state index in [1.807, 2.05) is 24.4 Å². The van der Waals surface area contributed by atoms with Gasteiger partial charge in [-0.1, -0.05) is 56.5 Å². The van der Waals surface area contributed by atoms with Crippen LogP contribution in [0.25, 0.3) is 22.3 Å². The van der Waals surface area contributed by atoms with E-state index in [1.54, 1.807) is 0 Å². The molecule has 4 heteroatoms. The van der Waals surface area contributed by atoms with Gasteiger partial charge in [0.2, 0.25) is 11.7 Å². The lowest BCUT2D eigenvalue weighted by Gasteiger charge is -2.04. The second-order valence-electron chi connectivity index (χ2n) is 5.60. The van der Waals surface area contributed by atoms with Gasteiger partial charge in [0.15, 0.2) is 0 Å². The quantitative estimate of drug-likeness (QED) is 0.654. The molecule has 1 atom stereocenters. The number of hydrogen-bond donors (Lipinski definition) is 1. The SMILES string of the molecule is CCCCCC(C)c1nc(-c2c[nH]c3ccccc23)no1. The van der Waals surface area contributed by atoms with Crippen LogP contribution in [0, 0.1) is 0 Å². The number of hydrogen-bond acceptors (Lipinski definition) is 3. The second kappa shape index (κ2) is 6.12. The van der Waals surface area contributed by atoms with Gasteiger partial charge in [0.25, 0.3) is 0 Å². The number of para-hydroxylation sites is 1. The molecule has 2 heterocycles. The predicted octanol–water partition coefficient (Wildman–Crippen LogP) is 4.90. The fourth-order valence-electron chi connectivity index (χ4n) is 2.63. The Morgan fingerprint density at radius 3 is 2.95 bits per heavy atom. The monoisotopic (exact) mass is 283 g/mol. The highest BCUT2D eigenvalue weighted by molar-refractivity contribution is 5.93. The summed E-state index contributed by atoms with van der Waals surface area (Å²) < 4.78 is 5.45. The minimum Gasteiger partial charge on any atom is -0.360 e. The van der Waals surface area contributed by atoms with Crippen molar-refractivity contribution in [2.24, 2.45) is 0 Å². The molecule has 0 aliphatic heterocycles. The Morgan fingerprint density at radius 1 is 1.24 bits per heavy atom. The van der Waals surface area contributed by atoms with Gasteiger partial charge in [0.05, 0.1) is 0 Å². The van der Waals surface area contributed by atoms with Crippen molar-refractivity contribution in [2.75, 3.05) is 0 Å². The average molecular weight is 283 g/mol. The van der Waals surface area contributed by atoms with Crippen LogP contribution in [-0.4, -0.2) is 15.1 Å². The summed E-state index contributed by atoms with van der Waals surface area (Å²) in [7, 11) is 0. The van der Waals surface area contributed by atoms with Crippen LogP contribution in [0.3, 0.4) is 0 Å². The molecule has 0 saturated heterocycles. The predicted molar refractivity (Wildman–Crippen MR) is 84.1 cm³/mol. The third kappa shape index (κ3) is 2.84. The maximum Gasteiger partial charge on any atom is 0.229 e. The minimum atomic E-state index is 0.322. The number of aromatic nitrogens is 3. The number of fused-ring (bicyclic) bond motifs is 1. The number of unbranched alkanes of at least 4 members (excludes halogenated alkanes) is 2. The molecule has 1 aromatic carbocycles. The van der Waals surface area contributed by atoms with Crippen molar-refractivity contribution in [3.8, 4) is 11.4 Å². The van der Waals surface area contributed by atoms with Crippen molar-refractivity contribution in [2.45, 2.75) is 45.4 Å². The van der Waals surface area contributed by atoms with Crippen molar-refractivity contribution in [1.29, 1.82) is 0 Å². The number of nitrogens with zero attached hydrogens (tertiary/aromatic N) is 2. The third-order valence-corrected chi connectivity index (χ3v) is 3.93. The number of H-pyrrole nitrogens is 1. The molecule has 0 fully saturated rings. The van der Waals surface area contributed by atoms with E-state index in [-0.39, 0.29) is 0 Å². The lowest BCUT2D eigenvalue weighted by atomic mass is 10.0. The first kappa shape index (κ1) is 13.9. The first-order valence-corrected chi connectivity index (χ1v) is 7.69. The summed E-state index contributed by atoms with van der Waals surface area (Å²) in [6.07, 6.45) is 6.75. The Bertz CT molecular complexity index is 713. The van der Waals surface area contributed by atoms with E-state index in [9.17, 15) is 0 Å². The lowest BCUT2D eigenvalue weighted by Crippen LogP contribution is -1.94. The standard InChI is InChI=1S/C17H21N3O/c1-3-4-5-8-12(2)17-19-16(20-21-17)14-11-18-15-10-7-6-9-13(14)15/h6-7,9-12,18H,3-5,8H2,1-2H3. The first-order chi connectivity index (χ1) is 10.3. The van der Waals surface area contributed by atoms with E-state index in [0.29, 0.717) is 11.7 Å². The van der Waals surface area contributed by atoms with Gasteiger partial charge in [-0.3, -0.25) is 0 Å². The zero-order valence-corrected chi connectivity index (χ0v) is 12.6. The molecular formula is C17H21N3O. The molecule has 0 spiro atoms. The normalized spacial score (nSPS) is 12.9. The van der Waals surface area contributed by atoms with Crippen molar-refractivity contribution in [3.05, 3.63) is 36.4 Å². The third-order valence-electron chi connectivity index (χ3n) is 3.93. The van der Waals surface area contributed by atoms with Gasteiger partial charge in [0.1, 0.15) is 0 Å². The highest BCUT2D eigenvalue weighted by Crippen LogP contribution is 2.28. The summed E-state index contributed by atoms with van der Waals surface area (Å²) in [5.41, 5.74) is 2.09. The Kier molecular flexibility index (Phi) is 4.04. The molecule has 0 bridgehead atoms. The van der Waals surface area contributed by atoms with Crippen LogP contribution in [0.4, 0.5) is 0 Å². The van der Waals surface area contributed by atoms with E-state index in [4.69, 9.17) is 4.52 Å². The van der Waals surface area contributed by atoms with E-state index >= 15 is 0 Å². The van der Waals surface area contributed by atoms with E-state index in [1.165, 1.54) is 19.3 Å². The van der Waals surface area contributed by atoms with Gasteiger partial charge < -0.3 is 9.51 Å². The molecule has 3 rings (SSSR count). The summed E-state index contributed by atoms with van der Waals surface area (Å²) in [4.78, 5) is 7.83. The molecule has 0 aliphatic carbocycles. The topological polar surface area (TPSA) is 54.7 Å². The van der Waals surface area contributed by atoms with Crippen LogP contribution in [0.15, 0.2) is 35.0 Å². The summed E-state index contributed by atoms with van der Waals surface area (Å²) in [5.74, 6) is 1.74. The highest BCUT2D eigenvalue weighted by atomic mass is 16.5. The van der Waals surface area contributed by atoms with Crippen LogP contribution in [0.1, 0.15) is 51.3 Å². The van der Waals surface area contributed by atoms with Crippen LogP contribution in [0.5, 0.6) is 0 Å². The molecule has 1 N–H and O–H groups in total. The zero-order valence-electron chi connectivity index (χ0n) is 12.6. The summed E-state index contributed by atoms with van der Waals surface area (Å²) in [5, 5.41) is 5.28. The van der Waals surface area contributed by atoms with E-state index < -0.39 is 0 Å². The van der Waals surface area contributed by atoms with Gasteiger partial charge >= 0.3 is 0 Å². The maximum absolute atomic E-state index is 5.45. The smallest absolute Gasteiger partial charge is 0.229 e. The van der Waals surface area contributed by atoms with E-state index in [2.05, 4.69) is 35.0 Å². The molecule has 0 radical (unpaired) electrons. The first-order valence-electron chi connectivity index (χ1n) is 7.69. The molecule has 110 valence electrons. The van der Waals surface area contributed by atoms with Gasteiger partial charge in [0, 0.05) is 28.6 Å². The molecule has 21 heavy (non-hydrogen) atoms. The molecule has 0 aliphatic rings. The lowest BCUT2D eigenvalue weighted by molar-refractivity contribution is 0.351. The van der Waals surface area contributed by atoms with Crippen LogP contribution in [-0.2, 0) is 0 Å². The fraction of sp³-hybridized carbons (Fsp3) is 0.412. The molecule has 2 aromatic heterocycles. The Hall–Kier alpha value is -2.10. The van der Waals surface area contributed by atoms with E-state index in [0.717, 1.165) is 28.8 Å². The zero-order chi connectivity index (χ0) is 14.7. The Balaban J connectivity index is 1.81. The molecule has 3 aromatic rings. The van der Waals surface area contributed by atoms with Gasteiger partial charge in [-0.15, -0.1) is 0 Å². The highest BCUT2D eigenvalue weighted by Gasteiger charge is 2.16. The summed E-state index contributed by atoms with van der Waals surface area (Å²) >= 11 is 0. The Morgan fingerprint density at radius 2 is 2.10 bits per heavy atom. The number of benzene rings is 1. The Labute approximate surface area is 124 Å². The van der Waals surface area contributed by atoms with Crippen LogP contribution in [0.2, 0.25) is 0 Å². The summed E-state index contributed by atoms with van der Waals surface area (Å²) in [6, 6.07) is 8.16. The van der Waals surface area contributed by atoms with Gasteiger partial charge in [-0.2, -0.15) is 4.98 Å². The number of nitrogens with one attached hydrogen (secondary N) is 1. The van der Waals surface area contributed by atoms with Crippen molar-refractivity contribution >= 4 is 10.9 Å². The maximum atomic E-state index is 5.45. The number of aromatic amines is 1. The largest absolute Gasteiger partial charge is 0.360 e. The molecular weight excluding hydrogens is 262 g/mol. The van der Waals surface area contributed by atoms with Crippen molar-refractivity contribution in [1.82, 2.24) is 15.1 Å².